The molecule has 1 aliphatic rings. The second-order valence-electron chi connectivity index (χ2n) is 5.35. The van der Waals surface area contributed by atoms with Gasteiger partial charge in [0.25, 0.3) is 0 Å². The van der Waals surface area contributed by atoms with Crippen LogP contribution in [0.5, 0.6) is 0 Å². The number of nitrogens with one attached hydrogen (secondary N) is 1. The number of rotatable bonds is 6. The van der Waals surface area contributed by atoms with E-state index in [0.29, 0.717) is 13.1 Å². The molecule has 110 valence electrons. The maximum Gasteiger partial charge on any atom is 0.0558 e. The van der Waals surface area contributed by atoms with Gasteiger partial charge in [-0.2, -0.15) is 0 Å². The highest BCUT2D eigenvalue weighted by molar-refractivity contribution is 5.74. The number of aliphatic hydroxyl groups is 2. The van der Waals surface area contributed by atoms with Gasteiger partial charge in [0.15, 0.2) is 0 Å². The van der Waals surface area contributed by atoms with Crippen LogP contribution < -0.4 is 5.73 Å². The Balaban J connectivity index is 2.32. The molecule has 2 unspecified atom stereocenters. The molecule has 1 aromatic heterocycles. The van der Waals surface area contributed by atoms with Crippen LogP contribution in [0.25, 0.3) is 5.57 Å². The number of hydrogen-bond acceptors (Lipinski definition) is 4. The van der Waals surface area contributed by atoms with Gasteiger partial charge in [0.2, 0.25) is 0 Å². The minimum atomic E-state index is -0.479. The fourth-order valence-electron chi connectivity index (χ4n) is 2.59. The molecule has 0 saturated heterocycles. The number of nitrogens with two attached hydrogens (primary N) is 1. The van der Waals surface area contributed by atoms with Crippen LogP contribution in [0.15, 0.2) is 36.7 Å². The third kappa shape index (κ3) is 3.37. The Bertz CT molecular complexity index is 471. The van der Waals surface area contributed by atoms with Crippen molar-refractivity contribution in [1.82, 2.24) is 9.88 Å². The summed E-state index contributed by atoms with van der Waals surface area (Å²) in [5.41, 5.74) is 7.89. The molecule has 5 N–H and O–H groups in total. The molecule has 0 bridgehead atoms. The van der Waals surface area contributed by atoms with Crippen molar-refractivity contribution in [3.8, 4) is 0 Å². The van der Waals surface area contributed by atoms with Crippen molar-refractivity contribution in [1.29, 1.82) is 0 Å². The predicted octanol–water partition coefficient (Wildman–Crippen LogP) is 0.341. The van der Waals surface area contributed by atoms with Crippen LogP contribution in [0, 0.1) is 0 Å². The molecular formula is C15H23N3O2. The normalized spacial score (nSPS) is 26.1. The van der Waals surface area contributed by atoms with Crippen LogP contribution in [-0.2, 0) is 0 Å². The molecule has 0 amide bonds. The smallest absolute Gasteiger partial charge is 0.0558 e. The average molecular weight is 277 g/mol. The van der Waals surface area contributed by atoms with E-state index in [-0.39, 0.29) is 19.3 Å². The Kier molecular flexibility index (Phi) is 4.77. The van der Waals surface area contributed by atoms with Crippen LogP contribution in [0.2, 0.25) is 0 Å². The van der Waals surface area contributed by atoms with Gasteiger partial charge in [-0.15, -0.1) is 0 Å². The van der Waals surface area contributed by atoms with E-state index < -0.39 is 5.54 Å². The van der Waals surface area contributed by atoms with Crippen molar-refractivity contribution < 1.29 is 10.2 Å². The van der Waals surface area contributed by atoms with Crippen molar-refractivity contribution in [2.75, 3.05) is 26.3 Å². The van der Waals surface area contributed by atoms with Crippen LogP contribution >= 0.6 is 0 Å². The summed E-state index contributed by atoms with van der Waals surface area (Å²) in [4.78, 5) is 5.10. The highest BCUT2D eigenvalue weighted by Gasteiger charge is 2.27. The lowest BCUT2D eigenvalue weighted by molar-refractivity contribution is 0.155. The Hall–Kier alpha value is -1.40. The van der Waals surface area contributed by atoms with Gasteiger partial charge in [-0.1, -0.05) is 18.2 Å². The van der Waals surface area contributed by atoms with Gasteiger partial charge in [0, 0.05) is 25.5 Å². The number of aliphatic hydroxyl groups excluding tert-OH is 2. The van der Waals surface area contributed by atoms with E-state index in [1.165, 1.54) is 0 Å². The zero-order valence-corrected chi connectivity index (χ0v) is 11.8. The molecule has 5 heteroatoms. The van der Waals surface area contributed by atoms with Crippen molar-refractivity contribution in [3.05, 3.63) is 42.3 Å². The quantitative estimate of drug-likeness (QED) is 0.565. The summed E-state index contributed by atoms with van der Waals surface area (Å²) in [5.74, 6) is 0. The molecule has 2 atom stereocenters. The highest BCUT2D eigenvalue weighted by atomic mass is 16.3. The first kappa shape index (κ1) is 15.0. The van der Waals surface area contributed by atoms with Crippen LogP contribution in [0.4, 0.5) is 0 Å². The largest absolute Gasteiger partial charge is 0.395 e. The molecule has 0 spiro atoms. The molecule has 0 radical (unpaired) electrons. The molecular weight excluding hydrogens is 254 g/mol. The van der Waals surface area contributed by atoms with E-state index in [9.17, 15) is 10.2 Å². The van der Waals surface area contributed by atoms with E-state index >= 15 is 0 Å². The Morgan fingerprint density at radius 3 is 2.60 bits per heavy atom. The Morgan fingerprint density at radius 1 is 1.35 bits per heavy atom. The second-order valence-corrected chi connectivity index (χ2v) is 5.35. The van der Waals surface area contributed by atoms with E-state index in [4.69, 9.17) is 5.73 Å². The standard InChI is InChI=1S/C15H23N3O2/c1-15(16)4-2-14(18(6-8-19)7-9-20)13(10-15)12-3-5-17-11-12/h2-5,10-11,14,17,19-20H,6-9,16H2,1H3. The van der Waals surface area contributed by atoms with Crippen LogP contribution in [-0.4, -0.2) is 58.0 Å². The first-order valence-corrected chi connectivity index (χ1v) is 6.87. The van der Waals surface area contributed by atoms with E-state index in [1.807, 2.05) is 48.5 Å². The van der Waals surface area contributed by atoms with Crippen molar-refractivity contribution in [2.45, 2.75) is 18.5 Å². The summed E-state index contributed by atoms with van der Waals surface area (Å²) in [6.45, 7) is 3.10. The molecule has 0 aromatic carbocycles. The van der Waals surface area contributed by atoms with E-state index in [1.54, 1.807) is 0 Å². The summed E-state index contributed by atoms with van der Waals surface area (Å²) in [6.07, 6.45) is 9.87. The van der Waals surface area contributed by atoms with Crippen LogP contribution in [0.1, 0.15) is 12.5 Å². The summed E-state index contributed by atoms with van der Waals surface area (Å²) in [6, 6.07) is 2.02. The van der Waals surface area contributed by atoms with Gasteiger partial charge in [-0.3, -0.25) is 4.90 Å². The van der Waals surface area contributed by atoms with Gasteiger partial charge < -0.3 is 20.9 Å². The SMILES string of the molecule is CC1(N)C=CC(N(CCO)CCO)C(c2cc[nH]c2)=C1. The lowest BCUT2D eigenvalue weighted by Gasteiger charge is -2.35. The fourth-order valence-corrected chi connectivity index (χ4v) is 2.59. The van der Waals surface area contributed by atoms with Crippen molar-refractivity contribution in [2.24, 2.45) is 5.73 Å². The van der Waals surface area contributed by atoms with Gasteiger partial charge in [0.1, 0.15) is 0 Å². The number of nitrogens with zero attached hydrogens (tertiary/aromatic N) is 1. The van der Waals surface area contributed by atoms with Gasteiger partial charge in [-0.25, -0.2) is 0 Å². The second kappa shape index (κ2) is 6.37. The minimum Gasteiger partial charge on any atom is -0.395 e. The number of aromatic nitrogens is 1. The number of H-pyrrole nitrogens is 1. The first-order valence-electron chi connectivity index (χ1n) is 6.87. The molecule has 1 heterocycles. The lowest BCUT2D eigenvalue weighted by atomic mass is 9.86. The summed E-state index contributed by atoms with van der Waals surface area (Å²) in [5, 5.41) is 18.4. The molecule has 20 heavy (non-hydrogen) atoms. The van der Waals surface area contributed by atoms with Crippen molar-refractivity contribution >= 4 is 5.57 Å². The van der Waals surface area contributed by atoms with E-state index in [2.05, 4.69) is 4.98 Å². The maximum atomic E-state index is 9.22. The third-order valence-corrected chi connectivity index (χ3v) is 3.52. The Morgan fingerprint density at radius 2 is 2.05 bits per heavy atom. The molecule has 1 aliphatic carbocycles. The molecule has 1 aromatic rings. The zero-order valence-electron chi connectivity index (χ0n) is 11.8. The fraction of sp³-hybridized carbons (Fsp3) is 0.467. The van der Waals surface area contributed by atoms with Gasteiger partial charge in [-0.05, 0) is 24.1 Å². The predicted molar refractivity (Wildman–Crippen MR) is 80.0 cm³/mol. The third-order valence-electron chi connectivity index (χ3n) is 3.52. The molecule has 0 saturated carbocycles. The molecule has 0 aliphatic heterocycles. The summed E-state index contributed by atoms with van der Waals surface area (Å²) in [7, 11) is 0. The minimum absolute atomic E-state index is 0.0155. The van der Waals surface area contributed by atoms with Gasteiger partial charge >= 0.3 is 0 Å². The zero-order chi connectivity index (χ0) is 14.6. The molecule has 5 nitrogen and oxygen atoms in total. The van der Waals surface area contributed by atoms with Crippen molar-refractivity contribution in [3.63, 3.8) is 0 Å². The summed E-state index contributed by atoms with van der Waals surface area (Å²) < 4.78 is 0. The average Bonchev–Trinajstić information content (AvgIpc) is 2.91. The van der Waals surface area contributed by atoms with E-state index in [0.717, 1.165) is 11.1 Å². The maximum absolute atomic E-state index is 9.22. The Labute approximate surface area is 119 Å². The topological polar surface area (TPSA) is 85.5 Å². The monoisotopic (exact) mass is 277 g/mol. The molecule has 2 rings (SSSR count). The highest BCUT2D eigenvalue weighted by Crippen LogP contribution is 2.30. The summed E-state index contributed by atoms with van der Waals surface area (Å²) >= 11 is 0. The lowest BCUT2D eigenvalue weighted by Crippen LogP contribution is -2.43. The first-order chi connectivity index (χ1) is 9.57. The number of hydrogen-bond donors (Lipinski definition) is 4. The number of aromatic amines is 1. The van der Waals surface area contributed by atoms with Crippen LogP contribution in [0.3, 0.4) is 0 Å². The van der Waals surface area contributed by atoms with Gasteiger partial charge in [0.05, 0.1) is 24.8 Å². The molecule has 0 fully saturated rings.